The van der Waals surface area contributed by atoms with Crippen LogP contribution in [-0.4, -0.2) is 68.6 Å². The SMILES string of the molecule is CCN(CCSC)C(=O)c1cncc(-c2cn(CC3CCOCC3)c(C(C)(C)C)n2)n1. The van der Waals surface area contributed by atoms with Crippen molar-refractivity contribution in [3.05, 3.63) is 30.1 Å². The lowest BCUT2D eigenvalue weighted by molar-refractivity contribution is 0.0607. The van der Waals surface area contributed by atoms with E-state index in [1.807, 2.05) is 18.1 Å². The first kappa shape index (κ1) is 23.7. The summed E-state index contributed by atoms with van der Waals surface area (Å²) in [6.07, 6.45) is 9.51. The smallest absolute Gasteiger partial charge is 0.274 e. The average Bonchev–Trinajstić information content (AvgIpc) is 3.19. The van der Waals surface area contributed by atoms with Crippen LogP contribution in [0.5, 0.6) is 0 Å². The molecule has 1 fully saturated rings. The van der Waals surface area contributed by atoms with Crippen molar-refractivity contribution in [2.45, 2.75) is 52.5 Å². The molecule has 3 rings (SSSR count). The summed E-state index contributed by atoms with van der Waals surface area (Å²) in [6.45, 7) is 12.5. The molecule has 3 heterocycles. The maximum atomic E-state index is 12.9. The van der Waals surface area contributed by atoms with Gasteiger partial charge in [-0.3, -0.25) is 9.78 Å². The molecule has 1 aliphatic heterocycles. The predicted molar refractivity (Wildman–Crippen MR) is 125 cm³/mol. The largest absolute Gasteiger partial charge is 0.381 e. The van der Waals surface area contributed by atoms with E-state index < -0.39 is 0 Å². The highest BCUT2D eigenvalue weighted by molar-refractivity contribution is 7.98. The van der Waals surface area contributed by atoms with Gasteiger partial charge in [0.2, 0.25) is 0 Å². The summed E-state index contributed by atoms with van der Waals surface area (Å²) in [5.74, 6) is 2.44. The molecule has 1 saturated heterocycles. The Morgan fingerprint density at radius 1 is 1.23 bits per heavy atom. The summed E-state index contributed by atoms with van der Waals surface area (Å²) in [4.78, 5) is 28.6. The Morgan fingerprint density at radius 3 is 2.61 bits per heavy atom. The summed E-state index contributed by atoms with van der Waals surface area (Å²) < 4.78 is 7.78. The minimum Gasteiger partial charge on any atom is -0.381 e. The minimum absolute atomic E-state index is 0.0800. The zero-order valence-corrected chi connectivity index (χ0v) is 20.2. The minimum atomic E-state index is -0.0961. The van der Waals surface area contributed by atoms with Crippen LogP contribution >= 0.6 is 11.8 Å². The maximum absolute atomic E-state index is 12.9. The van der Waals surface area contributed by atoms with Gasteiger partial charge < -0.3 is 14.2 Å². The molecular formula is C23H35N5O2S. The third-order valence-electron chi connectivity index (χ3n) is 5.59. The summed E-state index contributed by atoms with van der Waals surface area (Å²) in [5, 5.41) is 0. The second-order valence-electron chi connectivity index (χ2n) is 9.08. The second kappa shape index (κ2) is 10.6. The number of aromatic nitrogens is 4. The van der Waals surface area contributed by atoms with Gasteiger partial charge in [-0.15, -0.1) is 0 Å². The first-order valence-corrected chi connectivity index (χ1v) is 12.5. The van der Waals surface area contributed by atoms with Crippen LogP contribution in [0.3, 0.4) is 0 Å². The van der Waals surface area contributed by atoms with Gasteiger partial charge in [0.15, 0.2) is 0 Å². The highest BCUT2D eigenvalue weighted by Crippen LogP contribution is 2.28. The number of carbonyl (C=O) groups excluding carboxylic acids is 1. The number of imidazole rings is 1. The van der Waals surface area contributed by atoms with Gasteiger partial charge in [0.25, 0.3) is 5.91 Å². The lowest BCUT2D eigenvalue weighted by atomic mass is 9.94. The van der Waals surface area contributed by atoms with Crippen LogP contribution in [-0.2, 0) is 16.7 Å². The van der Waals surface area contributed by atoms with Crippen molar-refractivity contribution in [2.24, 2.45) is 5.92 Å². The van der Waals surface area contributed by atoms with Crippen LogP contribution in [0.4, 0.5) is 0 Å². The molecule has 0 saturated carbocycles. The second-order valence-corrected chi connectivity index (χ2v) is 10.1. The van der Waals surface area contributed by atoms with Crippen LogP contribution in [0, 0.1) is 5.92 Å². The van der Waals surface area contributed by atoms with Crippen molar-refractivity contribution < 1.29 is 9.53 Å². The van der Waals surface area contributed by atoms with Crippen molar-refractivity contribution in [2.75, 3.05) is 38.3 Å². The maximum Gasteiger partial charge on any atom is 0.274 e. The van der Waals surface area contributed by atoms with E-state index in [-0.39, 0.29) is 11.3 Å². The van der Waals surface area contributed by atoms with E-state index in [0.717, 1.165) is 49.9 Å². The third-order valence-corrected chi connectivity index (χ3v) is 6.18. The van der Waals surface area contributed by atoms with Crippen LogP contribution in [0.1, 0.15) is 56.8 Å². The van der Waals surface area contributed by atoms with Gasteiger partial charge in [0.1, 0.15) is 22.9 Å². The van der Waals surface area contributed by atoms with E-state index >= 15 is 0 Å². The fourth-order valence-electron chi connectivity index (χ4n) is 3.84. The Kier molecular flexibility index (Phi) is 8.11. The van der Waals surface area contributed by atoms with Crippen LogP contribution in [0.15, 0.2) is 18.6 Å². The number of amides is 1. The quantitative estimate of drug-likeness (QED) is 0.614. The lowest BCUT2D eigenvalue weighted by Crippen LogP contribution is -2.33. The Hall–Kier alpha value is -1.93. The Balaban J connectivity index is 1.88. The van der Waals surface area contributed by atoms with E-state index in [1.54, 1.807) is 24.2 Å². The third kappa shape index (κ3) is 6.07. The number of hydrogen-bond donors (Lipinski definition) is 0. The average molecular weight is 446 g/mol. The molecule has 0 aromatic carbocycles. The van der Waals surface area contributed by atoms with Crippen LogP contribution in [0.25, 0.3) is 11.4 Å². The topological polar surface area (TPSA) is 73.1 Å². The number of nitrogens with zero attached hydrogens (tertiary/aromatic N) is 5. The molecule has 1 aliphatic rings. The molecular weight excluding hydrogens is 410 g/mol. The van der Waals surface area contributed by atoms with Gasteiger partial charge in [0.05, 0.1) is 12.4 Å². The molecule has 0 aliphatic carbocycles. The van der Waals surface area contributed by atoms with Gasteiger partial charge >= 0.3 is 0 Å². The molecule has 2 aromatic heterocycles. The van der Waals surface area contributed by atoms with Crippen LogP contribution in [0.2, 0.25) is 0 Å². The number of thioether (sulfide) groups is 1. The fourth-order valence-corrected chi connectivity index (χ4v) is 4.25. The molecule has 2 aromatic rings. The summed E-state index contributed by atoms with van der Waals surface area (Å²) in [7, 11) is 0. The standard InChI is InChI=1S/C23H35N5O2S/c1-6-27(9-12-31-5)21(29)19-14-24-13-18(25-19)20-16-28(22(26-20)23(2,3)4)15-17-7-10-30-11-8-17/h13-14,16-17H,6-12,15H2,1-5H3. The Labute approximate surface area is 190 Å². The van der Waals surface area contributed by atoms with Crippen molar-refractivity contribution in [3.8, 4) is 11.4 Å². The molecule has 0 radical (unpaired) electrons. The zero-order valence-electron chi connectivity index (χ0n) is 19.4. The van der Waals surface area contributed by atoms with Gasteiger partial charge in [0, 0.05) is 50.2 Å². The van der Waals surface area contributed by atoms with Gasteiger partial charge in [-0.2, -0.15) is 11.8 Å². The highest BCUT2D eigenvalue weighted by Gasteiger charge is 2.25. The van der Waals surface area contributed by atoms with E-state index in [0.29, 0.717) is 30.4 Å². The molecule has 170 valence electrons. The molecule has 7 nitrogen and oxygen atoms in total. The van der Waals surface area contributed by atoms with Gasteiger partial charge in [-0.1, -0.05) is 20.8 Å². The number of rotatable bonds is 8. The zero-order chi connectivity index (χ0) is 22.4. The first-order valence-electron chi connectivity index (χ1n) is 11.1. The highest BCUT2D eigenvalue weighted by atomic mass is 32.2. The van der Waals surface area contributed by atoms with Crippen LogP contribution < -0.4 is 0 Å². The normalized spacial score (nSPS) is 15.3. The van der Waals surface area contributed by atoms with Crippen molar-refractivity contribution >= 4 is 17.7 Å². The number of hydrogen-bond acceptors (Lipinski definition) is 6. The Bertz CT molecular complexity index is 871. The summed E-state index contributed by atoms with van der Waals surface area (Å²) in [5.41, 5.74) is 1.69. The van der Waals surface area contributed by atoms with Crippen molar-refractivity contribution in [1.82, 2.24) is 24.4 Å². The molecule has 0 unspecified atom stereocenters. The summed E-state index contributed by atoms with van der Waals surface area (Å²) in [6, 6.07) is 0. The molecule has 0 spiro atoms. The molecule has 31 heavy (non-hydrogen) atoms. The summed E-state index contributed by atoms with van der Waals surface area (Å²) >= 11 is 1.73. The predicted octanol–water partition coefficient (Wildman–Crippen LogP) is 3.89. The molecule has 0 N–H and O–H groups in total. The molecule has 0 atom stereocenters. The molecule has 1 amide bonds. The van der Waals surface area contributed by atoms with E-state index in [1.165, 1.54) is 0 Å². The fraction of sp³-hybridized carbons (Fsp3) is 0.652. The van der Waals surface area contributed by atoms with Gasteiger partial charge in [-0.25, -0.2) is 9.97 Å². The van der Waals surface area contributed by atoms with Crippen molar-refractivity contribution in [1.29, 1.82) is 0 Å². The monoisotopic (exact) mass is 445 g/mol. The number of ether oxygens (including phenoxy) is 1. The molecule has 0 bridgehead atoms. The lowest BCUT2D eigenvalue weighted by Gasteiger charge is -2.25. The number of carbonyl (C=O) groups is 1. The van der Waals surface area contributed by atoms with E-state index in [9.17, 15) is 4.79 Å². The van der Waals surface area contributed by atoms with Gasteiger partial charge in [-0.05, 0) is 31.9 Å². The van der Waals surface area contributed by atoms with E-state index in [2.05, 4.69) is 41.5 Å². The first-order chi connectivity index (χ1) is 14.8. The van der Waals surface area contributed by atoms with E-state index in [4.69, 9.17) is 9.72 Å². The Morgan fingerprint density at radius 2 is 1.97 bits per heavy atom. The molecule has 8 heteroatoms. The van der Waals surface area contributed by atoms with Crippen molar-refractivity contribution in [3.63, 3.8) is 0 Å².